The van der Waals surface area contributed by atoms with Crippen molar-refractivity contribution in [3.05, 3.63) is 70.8 Å². The molecular weight excluding hydrogens is 496 g/mol. The third kappa shape index (κ3) is 8.90. The smallest absolute Gasteiger partial charge is 0.260 e. The molecule has 0 spiro atoms. The normalized spacial score (nSPS) is 17.0. The van der Waals surface area contributed by atoms with Crippen LogP contribution in [0, 0.1) is 11.8 Å². The zero-order valence-electron chi connectivity index (χ0n) is 22.6. The molecule has 1 saturated carbocycles. The molecule has 2 fully saturated rings. The Kier molecular flexibility index (Phi) is 10.7. The van der Waals surface area contributed by atoms with Gasteiger partial charge in [0.25, 0.3) is 5.91 Å². The molecule has 0 bridgehead atoms. The van der Waals surface area contributed by atoms with Crippen LogP contribution >= 0.6 is 11.6 Å². The van der Waals surface area contributed by atoms with Crippen LogP contribution in [0.3, 0.4) is 0 Å². The lowest BCUT2D eigenvalue weighted by atomic mass is 9.95. The summed E-state index contributed by atoms with van der Waals surface area (Å²) in [7, 11) is 0. The van der Waals surface area contributed by atoms with E-state index in [1.165, 1.54) is 31.3 Å². The monoisotopic (exact) mass is 536 g/mol. The summed E-state index contributed by atoms with van der Waals surface area (Å²) in [6, 6.07) is 17.3. The van der Waals surface area contributed by atoms with Gasteiger partial charge in [0, 0.05) is 37.6 Å². The molecule has 38 heavy (non-hydrogen) atoms. The van der Waals surface area contributed by atoms with Crippen LogP contribution in [0.2, 0.25) is 5.02 Å². The zero-order chi connectivity index (χ0) is 26.7. The molecule has 2 amide bonds. The number of likely N-dealkylation sites (tertiary alicyclic amines) is 1. The lowest BCUT2D eigenvalue weighted by Crippen LogP contribution is -2.44. The summed E-state index contributed by atoms with van der Waals surface area (Å²) in [6.07, 6.45) is 10.8. The molecule has 4 rings (SSSR count). The predicted molar refractivity (Wildman–Crippen MR) is 154 cm³/mol. The van der Waals surface area contributed by atoms with Crippen molar-refractivity contribution >= 4 is 29.5 Å². The second kappa shape index (κ2) is 14.4. The Bertz CT molecular complexity index is 1060. The SMILES string of the molecule is C/C(=C\c1ccccc1)CN(CC1CCN(C(=O)COc2ccc(Cl)cc2)CC1)C(=O)CCC1CCCC1. The number of hydrogen-bond donors (Lipinski definition) is 0. The van der Waals surface area contributed by atoms with Crippen molar-refractivity contribution in [2.45, 2.75) is 58.3 Å². The van der Waals surface area contributed by atoms with Gasteiger partial charge >= 0.3 is 0 Å². The van der Waals surface area contributed by atoms with E-state index in [2.05, 4.69) is 30.0 Å². The Morgan fingerprint density at radius 3 is 2.34 bits per heavy atom. The summed E-state index contributed by atoms with van der Waals surface area (Å²) in [5, 5.41) is 0.641. The highest BCUT2D eigenvalue weighted by Gasteiger charge is 2.27. The van der Waals surface area contributed by atoms with E-state index in [1.807, 2.05) is 23.1 Å². The molecule has 6 heteroatoms. The van der Waals surface area contributed by atoms with E-state index in [9.17, 15) is 9.59 Å². The highest BCUT2D eigenvalue weighted by molar-refractivity contribution is 6.30. The van der Waals surface area contributed by atoms with Gasteiger partial charge in [-0.2, -0.15) is 0 Å². The topological polar surface area (TPSA) is 49.9 Å². The van der Waals surface area contributed by atoms with E-state index in [4.69, 9.17) is 16.3 Å². The van der Waals surface area contributed by atoms with Crippen LogP contribution in [0.25, 0.3) is 6.08 Å². The molecule has 1 aliphatic heterocycles. The number of amides is 2. The van der Waals surface area contributed by atoms with Gasteiger partial charge in [0.2, 0.25) is 5.91 Å². The van der Waals surface area contributed by atoms with E-state index in [0.717, 1.165) is 31.4 Å². The summed E-state index contributed by atoms with van der Waals surface area (Å²) < 4.78 is 5.65. The predicted octanol–water partition coefficient (Wildman–Crippen LogP) is 6.86. The fraction of sp³-hybridized carbons (Fsp3) is 0.500. The first-order chi connectivity index (χ1) is 18.5. The van der Waals surface area contributed by atoms with Gasteiger partial charge in [-0.05, 0) is 67.9 Å². The van der Waals surface area contributed by atoms with Crippen molar-refractivity contribution in [3.8, 4) is 5.75 Å². The zero-order valence-corrected chi connectivity index (χ0v) is 23.4. The third-order valence-electron chi connectivity index (χ3n) is 7.87. The van der Waals surface area contributed by atoms with Gasteiger partial charge in [0.1, 0.15) is 5.75 Å². The first-order valence-corrected chi connectivity index (χ1v) is 14.5. The maximum Gasteiger partial charge on any atom is 0.260 e. The molecule has 2 aromatic rings. The minimum atomic E-state index is 0.00420. The number of ether oxygens (including phenoxy) is 1. The van der Waals surface area contributed by atoms with Gasteiger partial charge in [-0.3, -0.25) is 9.59 Å². The summed E-state index contributed by atoms with van der Waals surface area (Å²) in [6.45, 7) is 4.97. The average Bonchev–Trinajstić information content (AvgIpc) is 3.46. The molecule has 0 aromatic heterocycles. The molecule has 5 nitrogen and oxygen atoms in total. The maximum atomic E-state index is 13.4. The number of piperidine rings is 1. The fourth-order valence-corrected chi connectivity index (χ4v) is 5.79. The Morgan fingerprint density at radius 1 is 0.974 bits per heavy atom. The highest BCUT2D eigenvalue weighted by atomic mass is 35.5. The lowest BCUT2D eigenvalue weighted by Gasteiger charge is -2.35. The van der Waals surface area contributed by atoms with Crippen LogP contribution in [0.1, 0.15) is 63.9 Å². The number of carbonyl (C=O) groups is 2. The van der Waals surface area contributed by atoms with Crippen molar-refractivity contribution in [3.63, 3.8) is 0 Å². The molecule has 2 aliphatic rings. The van der Waals surface area contributed by atoms with Gasteiger partial charge in [-0.1, -0.05) is 79.3 Å². The first-order valence-electron chi connectivity index (χ1n) is 14.1. The molecule has 1 saturated heterocycles. The largest absolute Gasteiger partial charge is 0.484 e. The number of nitrogens with zero attached hydrogens (tertiary/aromatic N) is 2. The molecule has 0 radical (unpaired) electrons. The number of hydrogen-bond acceptors (Lipinski definition) is 3. The Hall–Kier alpha value is -2.79. The quantitative estimate of drug-likeness (QED) is 0.315. The molecule has 0 unspecified atom stereocenters. The Balaban J connectivity index is 1.29. The molecule has 204 valence electrons. The van der Waals surface area contributed by atoms with Crippen molar-refractivity contribution in [1.29, 1.82) is 0 Å². The molecule has 0 N–H and O–H groups in total. The van der Waals surface area contributed by atoms with E-state index in [0.29, 0.717) is 48.7 Å². The van der Waals surface area contributed by atoms with Crippen molar-refractivity contribution in [2.24, 2.45) is 11.8 Å². The third-order valence-corrected chi connectivity index (χ3v) is 8.12. The van der Waals surface area contributed by atoms with Crippen LogP contribution < -0.4 is 4.74 Å². The Morgan fingerprint density at radius 2 is 1.66 bits per heavy atom. The van der Waals surface area contributed by atoms with Crippen molar-refractivity contribution < 1.29 is 14.3 Å². The minimum Gasteiger partial charge on any atom is -0.484 e. The molecular formula is C32H41ClN2O3. The maximum absolute atomic E-state index is 13.4. The standard InChI is InChI=1S/C32H41ClN2O3/c1-25(21-27-9-3-2-4-10-27)22-35(31(36)16-11-26-7-5-6-8-26)23-28-17-19-34(20-18-28)32(37)24-38-30-14-12-29(33)13-15-30/h2-4,9-10,12-15,21,26,28H,5-8,11,16-20,22-24H2,1H3/b25-21+. The summed E-state index contributed by atoms with van der Waals surface area (Å²) in [4.78, 5) is 30.1. The number of halogens is 1. The van der Waals surface area contributed by atoms with Crippen molar-refractivity contribution in [2.75, 3.05) is 32.8 Å². The van der Waals surface area contributed by atoms with Crippen LogP contribution in [0.15, 0.2) is 60.2 Å². The first kappa shape index (κ1) is 28.2. The van der Waals surface area contributed by atoms with Crippen LogP contribution in [-0.2, 0) is 9.59 Å². The van der Waals surface area contributed by atoms with Crippen LogP contribution in [0.5, 0.6) is 5.75 Å². The minimum absolute atomic E-state index is 0.00420. The summed E-state index contributed by atoms with van der Waals surface area (Å²) >= 11 is 5.92. The van der Waals surface area contributed by atoms with Crippen LogP contribution in [-0.4, -0.2) is 54.4 Å². The Labute approximate surface area is 232 Å². The summed E-state index contributed by atoms with van der Waals surface area (Å²) in [5.74, 6) is 2.03. The number of rotatable bonds is 11. The van der Waals surface area contributed by atoms with E-state index < -0.39 is 0 Å². The second-order valence-corrected chi connectivity index (χ2v) is 11.4. The second-order valence-electron chi connectivity index (χ2n) is 10.9. The van der Waals surface area contributed by atoms with E-state index in [1.54, 1.807) is 24.3 Å². The number of carbonyl (C=O) groups excluding carboxylic acids is 2. The van der Waals surface area contributed by atoms with E-state index >= 15 is 0 Å². The fourth-order valence-electron chi connectivity index (χ4n) is 5.66. The molecule has 1 aliphatic carbocycles. The molecule has 0 atom stereocenters. The molecule has 1 heterocycles. The van der Waals surface area contributed by atoms with Gasteiger partial charge in [-0.15, -0.1) is 0 Å². The van der Waals surface area contributed by atoms with E-state index in [-0.39, 0.29) is 18.4 Å². The average molecular weight is 537 g/mol. The highest BCUT2D eigenvalue weighted by Crippen LogP contribution is 2.29. The van der Waals surface area contributed by atoms with Gasteiger partial charge in [-0.25, -0.2) is 0 Å². The number of benzene rings is 2. The van der Waals surface area contributed by atoms with Gasteiger partial charge in [0.05, 0.1) is 0 Å². The van der Waals surface area contributed by atoms with Crippen LogP contribution in [0.4, 0.5) is 0 Å². The van der Waals surface area contributed by atoms with Gasteiger partial charge < -0.3 is 14.5 Å². The summed E-state index contributed by atoms with van der Waals surface area (Å²) in [5.41, 5.74) is 2.35. The molecule has 2 aromatic carbocycles. The lowest BCUT2D eigenvalue weighted by molar-refractivity contribution is -0.136. The van der Waals surface area contributed by atoms with Crippen molar-refractivity contribution in [1.82, 2.24) is 9.80 Å². The van der Waals surface area contributed by atoms with Gasteiger partial charge in [0.15, 0.2) is 6.61 Å².